The molecule has 0 heterocycles. The molecule has 0 spiro atoms. The third-order valence-electron chi connectivity index (χ3n) is 2.40. The molecule has 7 nitrogen and oxygen atoms in total. The lowest BCUT2D eigenvalue weighted by atomic mass is 10.0. The van der Waals surface area contributed by atoms with Gasteiger partial charge >= 0.3 is 0 Å². The van der Waals surface area contributed by atoms with Crippen molar-refractivity contribution in [2.45, 2.75) is 13.8 Å². The maximum absolute atomic E-state index is 11.4. The van der Waals surface area contributed by atoms with E-state index in [0.29, 0.717) is 16.8 Å². The molecule has 0 aliphatic heterocycles. The number of nitriles is 1. The molecule has 0 saturated carbocycles. The minimum atomic E-state index is -0.477. The van der Waals surface area contributed by atoms with Gasteiger partial charge in [-0.1, -0.05) is 0 Å². The van der Waals surface area contributed by atoms with E-state index in [1.54, 1.807) is 6.07 Å². The van der Waals surface area contributed by atoms with Crippen LogP contribution in [0.3, 0.4) is 0 Å². The van der Waals surface area contributed by atoms with E-state index in [-0.39, 0.29) is 17.3 Å². The summed E-state index contributed by atoms with van der Waals surface area (Å²) >= 11 is 0. The van der Waals surface area contributed by atoms with Crippen molar-refractivity contribution in [3.63, 3.8) is 0 Å². The van der Waals surface area contributed by atoms with Crippen LogP contribution < -0.4 is 11.2 Å². The Kier molecular flexibility index (Phi) is 4.70. The molecule has 0 unspecified atom stereocenters. The molecule has 0 bridgehead atoms. The lowest BCUT2D eigenvalue weighted by Crippen LogP contribution is -2.21. The van der Waals surface area contributed by atoms with Crippen LogP contribution in [0.15, 0.2) is 23.3 Å². The summed E-state index contributed by atoms with van der Waals surface area (Å²) < 4.78 is 0. The number of anilines is 1. The van der Waals surface area contributed by atoms with Crippen LogP contribution in [0.1, 0.15) is 34.6 Å². The number of rotatable bonds is 5. The molecule has 0 fully saturated rings. The van der Waals surface area contributed by atoms with Crippen LogP contribution in [0.2, 0.25) is 0 Å². The van der Waals surface area contributed by atoms with Crippen molar-refractivity contribution in [3.05, 3.63) is 29.3 Å². The highest BCUT2D eigenvalue weighted by Gasteiger charge is 2.08. The fourth-order valence-corrected chi connectivity index (χ4v) is 1.36. The van der Waals surface area contributed by atoms with Crippen molar-refractivity contribution in [1.29, 1.82) is 10.7 Å². The molecule has 0 saturated heterocycles. The Bertz CT molecular complexity index is 623. The van der Waals surface area contributed by atoms with E-state index in [0.717, 1.165) is 0 Å². The van der Waals surface area contributed by atoms with Crippen molar-refractivity contribution < 1.29 is 9.59 Å². The number of nitrogens with zero attached hydrogens (tertiary/aromatic N) is 2. The molecule has 0 aromatic heterocycles. The molecule has 0 amide bonds. The van der Waals surface area contributed by atoms with Crippen LogP contribution in [-0.4, -0.2) is 23.1 Å². The number of carbonyl (C=O) groups excluding carboxylic acids is 2. The van der Waals surface area contributed by atoms with E-state index in [1.807, 2.05) is 0 Å². The van der Waals surface area contributed by atoms with Crippen molar-refractivity contribution in [3.8, 4) is 6.07 Å². The van der Waals surface area contributed by atoms with Crippen LogP contribution in [0.25, 0.3) is 0 Å². The standard InChI is InChI=1S/C13H13N5O2/c1-7(19)9-3-10(8(2)20)5-11(4-9)17-18-12(6-14)13(15)16/h3-5,17H,1-2H3,(H3,15,16)/b18-12+. The van der Waals surface area contributed by atoms with Crippen molar-refractivity contribution in [2.24, 2.45) is 10.8 Å². The molecule has 7 heteroatoms. The molecule has 0 aliphatic rings. The number of carbonyl (C=O) groups is 2. The second-order valence-electron chi connectivity index (χ2n) is 4.01. The number of benzene rings is 1. The van der Waals surface area contributed by atoms with Gasteiger partial charge in [0.15, 0.2) is 17.4 Å². The summed E-state index contributed by atoms with van der Waals surface area (Å²) in [6, 6.07) is 6.12. The van der Waals surface area contributed by atoms with Crippen LogP contribution >= 0.6 is 0 Å². The number of amidine groups is 1. The number of hydrogen-bond donors (Lipinski definition) is 3. The predicted octanol–water partition coefficient (Wildman–Crippen LogP) is 1.32. The van der Waals surface area contributed by atoms with Gasteiger partial charge in [0.05, 0.1) is 5.69 Å². The zero-order valence-corrected chi connectivity index (χ0v) is 11.0. The Balaban J connectivity index is 3.19. The van der Waals surface area contributed by atoms with Crippen LogP contribution in [0.4, 0.5) is 5.69 Å². The first-order valence-electron chi connectivity index (χ1n) is 5.60. The molecule has 0 radical (unpaired) electrons. The van der Waals surface area contributed by atoms with E-state index >= 15 is 0 Å². The van der Waals surface area contributed by atoms with Gasteiger partial charge in [-0.3, -0.25) is 20.4 Å². The lowest BCUT2D eigenvalue weighted by molar-refractivity contribution is 0.101. The normalized spacial score (nSPS) is 10.6. The molecule has 1 aromatic rings. The summed E-state index contributed by atoms with van der Waals surface area (Å²) in [5.41, 5.74) is 8.41. The van der Waals surface area contributed by atoms with Gasteiger partial charge in [-0.05, 0) is 32.0 Å². The van der Waals surface area contributed by atoms with Crippen LogP contribution in [0, 0.1) is 16.7 Å². The average Bonchev–Trinajstić information content (AvgIpc) is 2.38. The average molecular weight is 271 g/mol. The van der Waals surface area contributed by atoms with E-state index < -0.39 is 5.84 Å². The smallest absolute Gasteiger partial charge is 0.201 e. The zero-order valence-electron chi connectivity index (χ0n) is 11.0. The molecular formula is C13H13N5O2. The third kappa shape index (κ3) is 3.74. The van der Waals surface area contributed by atoms with E-state index in [1.165, 1.54) is 32.0 Å². The van der Waals surface area contributed by atoms with Gasteiger partial charge in [0.1, 0.15) is 6.07 Å². The number of hydrazone groups is 1. The van der Waals surface area contributed by atoms with E-state index in [4.69, 9.17) is 16.4 Å². The fourth-order valence-electron chi connectivity index (χ4n) is 1.36. The van der Waals surface area contributed by atoms with E-state index in [2.05, 4.69) is 10.5 Å². The van der Waals surface area contributed by atoms with Crippen LogP contribution in [-0.2, 0) is 0 Å². The molecule has 102 valence electrons. The van der Waals surface area contributed by atoms with Gasteiger partial charge in [0.25, 0.3) is 0 Å². The molecule has 20 heavy (non-hydrogen) atoms. The topological polar surface area (TPSA) is 132 Å². The number of hydrogen-bond acceptors (Lipinski definition) is 6. The first-order valence-corrected chi connectivity index (χ1v) is 5.60. The zero-order chi connectivity index (χ0) is 15.3. The van der Waals surface area contributed by atoms with Crippen molar-refractivity contribution >= 4 is 28.8 Å². The van der Waals surface area contributed by atoms with Crippen molar-refractivity contribution in [2.75, 3.05) is 5.43 Å². The number of nitrogens with one attached hydrogen (secondary N) is 2. The maximum atomic E-state index is 11.4. The Labute approximate surface area is 115 Å². The van der Waals surface area contributed by atoms with E-state index in [9.17, 15) is 9.59 Å². The van der Waals surface area contributed by atoms with Gasteiger partial charge in [-0.25, -0.2) is 0 Å². The highest BCUT2D eigenvalue weighted by atomic mass is 16.1. The summed E-state index contributed by atoms with van der Waals surface area (Å²) in [5.74, 6) is -0.881. The number of ketones is 2. The largest absolute Gasteiger partial charge is 0.382 e. The van der Waals surface area contributed by atoms with Gasteiger partial charge in [-0.15, -0.1) is 0 Å². The molecule has 4 N–H and O–H groups in total. The Morgan fingerprint density at radius 1 is 1.25 bits per heavy atom. The summed E-state index contributed by atoms with van der Waals surface area (Å²) in [5, 5.41) is 19.5. The first kappa shape index (κ1) is 15.0. The Hall–Kier alpha value is -3.01. The summed E-state index contributed by atoms with van der Waals surface area (Å²) in [6.07, 6.45) is 0. The van der Waals surface area contributed by atoms with Crippen LogP contribution in [0.5, 0.6) is 0 Å². The Morgan fingerprint density at radius 2 is 1.75 bits per heavy atom. The third-order valence-corrected chi connectivity index (χ3v) is 2.40. The highest BCUT2D eigenvalue weighted by molar-refractivity contribution is 6.45. The van der Waals surface area contributed by atoms with Crippen molar-refractivity contribution in [1.82, 2.24) is 0 Å². The number of nitrogens with two attached hydrogens (primary N) is 1. The summed E-state index contributed by atoms with van der Waals surface area (Å²) in [7, 11) is 0. The maximum Gasteiger partial charge on any atom is 0.201 e. The summed E-state index contributed by atoms with van der Waals surface area (Å²) in [6.45, 7) is 2.76. The van der Waals surface area contributed by atoms with Gasteiger partial charge < -0.3 is 5.73 Å². The first-order chi connectivity index (χ1) is 9.35. The van der Waals surface area contributed by atoms with Gasteiger partial charge in [-0.2, -0.15) is 10.4 Å². The highest BCUT2D eigenvalue weighted by Crippen LogP contribution is 2.16. The second kappa shape index (κ2) is 6.24. The molecule has 1 aromatic carbocycles. The quantitative estimate of drug-likeness (QED) is 0.321. The molecule has 0 atom stereocenters. The predicted molar refractivity (Wildman–Crippen MR) is 75.0 cm³/mol. The lowest BCUT2D eigenvalue weighted by Gasteiger charge is -2.06. The summed E-state index contributed by atoms with van der Waals surface area (Å²) in [4.78, 5) is 22.8. The molecular weight excluding hydrogens is 258 g/mol. The fraction of sp³-hybridized carbons (Fsp3) is 0.154. The molecule has 0 aliphatic carbocycles. The minimum Gasteiger partial charge on any atom is -0.382 e. The Morgan fingerprint density at radius 3 is 2.10 bits per heavy atom. The number of Topliss-reactive ketones (excluding diaryl/α,β-unsaturated/α-hetero) is 2. The monoisotopic (exact) mass is 271 g/mol. The second-order valence-corrected chi connectivity index (χ2v) is 4.01. The van der Waals surface area contributed by atoms with Gasteiger partial charge in [0.2, 0.25) is 5.71 Å². The molecule has 1 rings (SSSR count). The SMILES string of the molecule is CC(=O)c1cc(N/N=C(\C#N)C(=N)N)cc(C(C)=O)c1. The minimum absolute atomic E-state index is 0.202. The van der Waals surface area contributed by atoms with Gasteiger partial charge in [0, 0.05) is 11.1 Å².